The van der Waals surface area contributed by atoms with Crippen LogP contribution in [-0.4, -0.2) is 12.8 Å². The van der Waals surface area contributed by atoms with Gasteiger partial charge in [-0.1, -0.05) is 35.4 Å². The highest BCUT2D eigenvalue weighted by Gasteiger charge is 1.95. The van der Waals surface area contributed by atoms with Crippen molar-refractivity contribution < 1.29 is 4.84 Å². The smallest absolute Gasteiger partial charge is 0.106 e. The molecule has 0 aliphatic heterocycles. The lowest BCUT2D eigenvalue weighted by atomic mass is 10.1. The standard InChI is InChI=1S/C15H27NO/c1-6-8-13(2)9-7-10-14(3)11-12-15(4)16-17-5/h8,10H,6-7,9,11-12H2,1-5H3/b13-8+,14-10+,16-15+. The van der Waals surface area contributed by atoms with Crippen LogP contribution >= 0.6 is 0 Å². The molecule has 0 aliphatic carbocycles. The van der Waals surface area contributed by atoms with Crippen molar-refractivity contribution in [3.05, 3.63) is 23.3 Å². The predicted molar refractivity (Wildman–Crippen MR) is 76.4 cm³/mol. The van der Waals surface area contributed by atoms with Crippen molar-refractivity contribution in [1.29, 1.82) is 0 Å². The lowest BCUT2D eigenvalue weighted by Crippen LogP contribution is -1.93. The van der Waals surface area contributed by atoms with E-state index in [1.54, 1.807) is 7.11 Å². The Labute approximate surface area is 106 Å². The molecule has 0 atom stereocenters. The molecule has 2 nitrogen and oxygen atoms in total. The Kier molecular flexibility index (Phi) is 9.50. The van der Waals surface area contributed by atoms with E-state index in [1.807, 2.05) is 6.92 Å². The number of hydrogen-bond donors (Lipinski definition) is 0. The Hall–Kier alpha value is -1.05. The second-order valence-electron chi connectivity index (χ2n) is 4.56. The molecule has 0 spiro atoms. The Morgan fingerprint density at radius 2 is 1.65 bits per heavy atom. The number of nitrogens with zero attached hydrogens (tertiary/aromatic N) is 1. The lowest BCUT2D eigenvalue weighted by Gasteiger charge is -2.02. The molecule has 0 radical (unpaired) electrons. The van der Waals surface area contributed by atoms with E-state index in [0.717, 1.165) is 31.4 Å². The predicted octanol–water partition coefficient (Wildman–Crippen LogP) is 4.87. The van der Waals surface area contributed by atoms with E-state index in [0.29, 0.717) is 0 Å². The highest BCUT2D eigenvalue weighted by molar-refractivity contribution is 5.81. The minimum atomic E-state index is 0.986. The Bertz CT molecular complexity index is 287. The van der Waals surface area contributed by atoms with Crippen molar-refractivity contribution in [3.8, 4) is 0 Å². The molecule has 0 unspecified atom stereocenters. The summed E-state index contributed by atoms with van der Waals surface area (Å²) in [6.45, 7) is 8.59. The summed E-state index contributed by atoms with van der Waals surface area (Å²) in [5.74, 6) is 0. The minimum absolute atomic E-state index is 0.986. The molecule has 0 N–H and O–H groups in total. The summed E-state index contributed by atoms with van der Waals surface area (Å²) >= 11 is 0. The monoisotopic (exact) mass is 237 g/mol. The molecular formula is C15H27NO. The number of allylic oxidation sites excluding steroid dienone is 4. The van der Waals surface area contributed by atoms with E-state index in [-0.39, 0.29) is 0 Å². The van der Waals surface area contributed by atoms with Gasteiger partial charge in [0.2, 0.25) is 0 Å². The Morgan fingerprint density at radius 3 is 2.24 bits per heavy atom. The highest BCUT2D eigenvalue weighted by atomic mass is 16.6. The number of rotatable bonds is 8. The van der Waals surface area contributed by atoms with Gasteiger partial charge in [0.05, 0.1) is 5.71 Å². The van der Waals surface area contributed by atoms with Gasteiger partial charge in [-0.05, 0) is 52.9 Å². The van der Waals surface area contributed by atoms with Crippen LogP contribution in [0.3, 0.4) is 0 Å². The number of oxime groups is 1. The minimum Gasteiger partial charge on any atom is -0.399 e. The topological polar surface area (TPSA) is 21.6 Å². The van der Waals surface area contributed by atoms with Crippen molar-refractivity contribution >= 4 is 5.71 Å². The summed E-state index contributed by atoms with van der Waals surface area (Å²) in [5.41, 5.74) is 4.00. The van der Waals surface area contributed by atoms with E-state index in [2.05, 4.69) is 38.1 Å². The molecule has 98 valence electrons. The van der Waals surface area contributed by atoms with Gasteiger partial charge in [0, 0.05) is 0 Å². The van der Waals surface area contributed by atoms with Crippen molar-refractivity contribution in [2.45, 2.75) is 59.8 Å². The van der Waals surface area contributed by atoms with Crippen LogP contribution in [0.25, 0.3) is 0 Å². The van der Waals surface area contributed by atoms with Gasteiger partial charge in [0.1, 0.15) is 7.11 Å². The molecule has 0 amide bonds. The molecular weight excluding hydrogens is 210 g/mol. The lowest BCUT2D eigenvalue weighted by molar-refractivity contribution is 0.212. The quantitative estimate of drug-likeness (QED) is 0.335. The average Bonchev–Trinajstić information content (AvgIpc) is 2.27. The maximum absolute atomic E-state index is 4.74. The SMILES string of the molecule is CC/C=C(\C)CC/C=C(\C)CC/C(C)=N/OC. The third-order valence-corrected chi connectivity index (χ3v) is 2.71. The van der Waals surface area contributed by atoms with E-state index in [1.165, 1.54) is 17.6 Å². The Morgan fingerprint density at radius 1 is 1.00 bits per heavy atom. The molecule has 0 saturated carbocycles. The fraction of sp³-hybridized carbons (Fsp3) is 0.667. The molecule has 0 bridgehead atoms. The molecule has 0 aromatic rings. The van der Waals surface area contributed by atoms with Gasteiger partial charge in [0.15, 0.2) is 0 Å². The van der Waals surface area contributed by atoms with Crippen LogP contribution in [0.2, 0.25) is 0 Å². The van der Waals surface area contributed by atoms with E-state index >= 15 is 0 Å². The first-order valence-electron chi connectivity index (χ1n) is 6.48. The summed E-state index contributed by atoms with van der Waals surface area (Å²) in [5, 5.41) is 3.91. The Balaban J connectivity index is 3.87. The first kappa shape index (κ1) is 16.0. The van der Waals surface area contributed by atoms with Gasteiger partial charge >= 0.3 is 0 Å². The summed E-state index contributed by atoms with van der Waals surface area (Å²) < 4.78 is 0. The van der Waals surface area contributed by atoms with Crippen LogP contribution in [0, 0.1) is 0 Å². The zero-order valence-electron chi connectivity index (χ0n) is 12.0. The summed E-state index contributed by atoms with van der Waals surface area (Å²) in [6, 6.07) is 0. The van der Waals surface area contributed by atoms with Gasteiger partial charge in [-0.3, -0.25) is 0 Å². The molecule has 0 saturated heterocycles. The molecule has 0 aromatic heterocycles. The second kappa shape index (κ2) is 10.1. The van der Waals surface area contributed by atoms with Crippen LogP contribution in [-0.2, 0) is 4.84 Å². The maximum atomic E-state index is 4.74. The first-order valence-corrected chi connectivity index (χ1v) is 6.48. The molecule has 2 heteroatoms. The van der Waals surface area contributed by atoms with Crippen molar-refractivity contribution in [2.24, 2.45) is 5.16 Å². The maximum Gasteiger partial charge on any atom is 0.106 e. The second-order valence-corrected chi connectivity index (χ2v) is 4.56. The van der Waals surface area contributed by atoms with Crippen LogP contribution in [0.1, 0.15) is 59.8 Å². The van der Waals surface area contributed by atoms with Crippen molar-refractivity contribution in [2.75, 3.05) is 7.11 Å². The third kappa shape index (κ3) is 9.86. The van der Waals surface area contributed by atoms with Crippen molar-refractivity contribution in [1.82, 2.24) is 0 Å². The zero-order valence-corrected chi connectivity index (χ0v) is 12.0. The van der Waals surface area contributed by atoms with E-state index < -0.39 is 0 Å². The normalized spacial score (nSPS) is 14.1. The zero-order chi connectivity index (χ0) is 13.1. The van der Waals surface area contributed by atoms with Gasteiger partial charge in [-0.2, -0.15) is 0 Å². The molecule has 0 aliphatic rings. The highest BCUT2D eigenvalue weighted by Crippen LogP contribution is 2.11. The summed E-state index contributed by atoms with van der Waals surface area (Å²) in [7, 11) is 1.59. The molecule has 0 heterocycles. The fourth-order valence-electron chi connectivity index (χ4n) is 1.68. The van der Waals surface area contributed by atoms with E-state index in [9.17, 15) is 0 Å². The van der Waals surface area contributed by atoms with Crippen molar-refractivity contribution in [3.63, 3.8) is 0 Å². The van der Waals surface area contributed by atoms with E-state index in [4.69, 9.17) is 4.84 Å². The summed E-state index contributed by atoms with van der Waals surface area (Å²) in [6.07, 6.45) is 10.2. The van der Waals surface area contributed by atoms with Gasteiger partial charge in [-0.25, -0.2) is 0 Å². The molecule has 0 rings (SSSR count). The van der Waals surface area contributed by atoms with Crippen LogP contribution in [0.4, 0.5) is 0 Å². The van der Waals surface area contributed by atoms with Crippen LogP contribution in [0.5, 0.6) is 0 Å². The van der Waals surface area contributed by atoms with Gasteiger partial charge in [-0.15, -0.1) is 0 Å². The fourth-order valence-corrected chi connectivity index (χ4v) is 1.68. The summed E-state index contributed by atoms with van der Waals surface area (Å²) in [4.78, 5) is 4.74. The molecule has 0 aromatic carbocycles. The largest absolute Gasteiger partial charge is 0.399 e. The average molecular weight is 237 g/mol. The van der Waals surface area contributed by atoms with Crippen LogP contribution < -0.4 is 0 Å². The van der Waals surface area contributed by atoms with Crippen LogP contribution in [0.15, 0.2) is 28.5 Å². The third-order valence-electron chi connectivity index (χ3n) is 2.71. The van der Waals surface area contributed by atoms with Gasteiger partial charge < -0.3 is 4.84 Å². The van der Waals surface area contributed by atoms with Gasteiger partial charge in [0.25, 0.3) is 0 Å². The molecule has 17 heavy (non-hydrogen) atoms. The first-order chi connectivity index (χ1) is 8.10. The number of hydrogen-bond acceptors (Lipinski definition) is 2. The molecule has 0 fully saturated rings.